The van der Waals surface area contributed by atoms with Crippen molar-refractivity contribution in [2.24, 2.45) is 0 Å². The van der Waals surface area contributed by atoms with Crippen molar-refractivity contribution in [1.82, 2.24) is 9.47 Å². The normalized spacial score (nSPS) is 15.1. The van der Waals surface area contributed by atoms with Gasteiger partial charge in [0.25, 0.3) is 5.56 Å². The van der Waals surface area contributed by atoms with Crippen molar-refractivity contribution < 1.29 is 14.6 Å². The quantitative estimate of drug-likeness (QED) is 0.770. The van der Waals surface area contributed by atoms with Crippen LogP contribution in [0, 0.1) is 0 Å². The number of carbonyl (C=O) groups is 1. The number of hydrogen-bond acceptors (Lipinski definition) is 4. The van der Waals surface area contributed by atoms with Gasteiger partial charge in [0.05, 0.1) is 24.5 Å². The van der Waals surface area contributed by atoms with Gasteiger partial charge in [-0.3, -0.25) is 14.3 Å². The molecule has 0 atom stereocenters. The minimum Gasteiger partial charge on any atom is -0.478 e. The van der Waals surface area contributed by atoms with Crippen molar-refractivity contribution in [3.63, 3.8) is 0 Å². The molecule has 6 heteroatoms. The van der Waals surface area contributed by atoms with Gasteiger partial charge in [-0.25, -0.2) is 4.79 Å². The standard InChI is InChI=1S/C21H20N2O4/c24-20-17-9-5-4-8-16(17)19(21(25)26)18(14-22-10-12-27-13-11-22)23(20)15-6-2-1-3-7-15/h1-9H,10-14H2,(H,25,26). The van der Waals surface area contributed by atoms with Crippen LogP contribution < -0.4 is 5.56 Å². The maximum Gasteiger partial charge on any atom is 0.338 e. The molecule has 0 saturated carbocycles. The third kappa shape index (κ3) is 3.25. The summed E-state index contributed by atoms with van der Waals surface area (Å²) < 4.78 is 6.94. The number of carboxylic acids is 1. The van der Waals surface area contributed by atoms with Gasteiger partial charge >= 0.3 is 5.97 Å². The molecule has 0 aliphatic carbocycles. The van der Waals surface area contributed by atoms with Crippen molar-refractivity contribution in [2.75, 3.05) is 26.3 Å². The van der Waals surface area contributed by atoms with E-state index in [0.29, 0.717) is 55.0 Å². The van der Waals surface area contributed by atoms with Gasteiger partial charge in [-0.2, -0.15) is 0 Å². The number of pyridine rings is 1. The number of morpholine rings is 1. The first-order chi connectivity index (χ1) is 13.2. The number of nitrogens with zero attached hydrogens (tertiary/aromatic N) is 2. The van der Waals surface area contributed by atoms with Crippen molar-refractivity contribution in [1.29, 1.82) is 0 Å². The Bertz CT molecular complexity index is 1040. The Morgan fingerprint density at radius 1 is 0.963 bits per heavy atom. The second-order valence-corrected chi connectivity index (χ2v) is 6.54. The summed E-state index contributed by atoms with van der Waals surface area (Å²) in [5.74, 6) is -1.03. The second-order valence-electron chi connectivity index (χ2n) is 6.54. The summed E-state index contributed by atoms with van der Waals surface area (Å²) in [7, 11) is 0. The van der Waals surface area contributed by atoms with Crippen LogP contribution in [-0.2, 0) is 11.3 Å². The maximum atomic E-state index is 13.3. The molecule has 1 aromatic heterocycles. The van der Waals surface area contributed by atoms with Crippen molar-refractivity contribution in [2.45, 2.75) is 6.54 Å². The summed E-state index contributed by atoms with van der Waals surface area (Å²) in [6, 6.07) is 16.1. The van der Waals surface area contributed by atoms with E-state index in [1.165, 1.54) is 0 Å². The number of para-hydroxylation sites is 1. The molecule has 1 aliphatic heterocycles. The average molecular weight is 364 g/mol. The first-order valence-electron chi connectivity index (χ1n) is 8.92. The monoisotopic (exact) mass is 364 g/mol. The molecule has 6 nitrogen and oxygen atoms in total. The lowest BCUT2D eigenvalue weighted by atomic mass is 10.0. The van der Waals surface area contributed by atoms with Crippen LogP contribution in [-0.4, -0.2) is 46.8 Å². The van der Waals surface area contributed by atoms with E-state index < -0.39 is 5.97 Å². The van der Waals surface area contributed by atoms with Crippen LogP contribution in [0.15, 0.2) is 59.4 Å². The summed E-state index contributed by atoms with van der Waals surface area (Å²) >= 11 is 0. The third-order valence-electron chi connectivity index (χ3n) is 4.89. The summed E-state index contributed by atoms with van der Waals surface area (Å²) in [5, 5.41) is 10.9. The highest BCUT2D eigenvalue weighted by Crippen LogP contribution is 2.24. The first-order valence-corrected chi connectivity index (χ1v) is 8.92. The zero-order valence-corrected chi connectivity index (χ0v) is 14.8. The van der Waals surface area contributed by atoms with Crippen LogP contribution >= 0.6 is 0 Å². The van der Waals surface area contributed by atoms with Crippen LogP contribution in [0.1, 0.15) is 16.1 Å². The lowest BCUT2D eigenvalue weighted by molar-refractivity contribution is 0.0331. The molecule has 1 fully saturated rings. The average Bonchev–Trinajstić information content (AvgIpc) is 2.69. The lowest BCUT2D eigenvalue weighted by Gasteiger charge is -2.28. The van der Waals surface area contributed by atoms with Crippen molar-refractivity contribution in [3.8, 4) is 5.69 Å². The Kier molecular flexibility index (Phi) is 4.75. The molecule has 27 heavy (non-hydrogen) atoms. The van der Waals surface area contributed by atoms with Gasteiger partial charge < -0.3 is 9.84 Å². The Balaban J connectivity index is 2.03. The lowest BCUT2D eigenvalue weighted by Crippen LogP contribution is -2.38. The van der Waals surface area contributed by atoms with Gasteiger partial charge in [0, 0.05) is 36.1 Å². The Hall–Kier alpha value is -2.96. The molecule has 0 radical (unpaired) electrons. The number of carboxylic acid groups (broad SMARTS) is 1. The first kappa shape index (κ1) is 17.5. The number of aromatic carboxylic acids is 1. The SMILES string of the molecule is O=C(O)c1c(CN2CCOCC2)n(-c2ccccc2)c(=O)c2ccccc12. The molecule has 0 spiro atoms. The molecule has 0 unspecified atom stereocenters. The van der Waals surface area contributed by atoms with E-state index in [9.17, 15) is 14.7 Å². The molecule has 2 heterocycles. The van der Waals surface area contributed by atoms with E-state index in [4.69, 9.17) is 4.74 Å². The highest BCUT2D eigenvalue weighted by atomic mass is 16.5. The van der Waals surface area contributed by atoms with E-state index >= 15 is 0 Å². The molecule has 1 N–H and O–H groups in total. The van der Waals surface area contributed by atoms with E-state index in [2.05, 4.69) is 4.90 Å². The molecule has 0 bridgehead atoms. The van der Waals surface area contributed by atoms with Gasteiger partial charge in [0.15, 0.2) is 0 Å². The number of hydrogen-bond donors (Lipinski definition) is 1. The minimum absolute atomic E-state index is 0.181. The van der Waals surface area contributed by atoms with Crippen LogP contribution in [0.3, 0.4) is 0 Å². The predicted molar refractivity (Wildman–Crippen MR) is 103 cm³/mol. The predicted octanol–water partition coefficient (Wildman–Crippen LogP) is 2.52. The maximum absolute atomic E-state index is 13.3. The number of benzene rings is 2. The van der Waals surface area contributed by atoms with E-state index in [1.54, 1.807) is 28.8 Å². The molecule has 0 amide bonds. The van der Waals surface area contributed by atoms with E-state index in [-0.39, 0.29) is 11.1 Å². The summed E-state index contributed by atoms with van der Waals surface area (Å²) in [6.45, 7) is 2.99. The van der Waals surface area contributed by atoms with Crippen molar-refractivity contribution >= 4 is 16.7 Å². The molecule has 1 aliphatic rings. The van der Waals surface area contributed by atoms with E-state index in [1.807, 2.05) is 30.3 Å². The third-order valence-corrected chi connectivity index (χ3v) is 4.89. The van der Waals surface area contributed by atoms with Gasteiger partial charge in [0.1, 0.15) is 0 Å². The molecule has 4 rings (SSSR count). The number of aromatic nitrogens is 1. The smallest absolute Gasteiger partial charge is 0.338 e. The van der Waals surface area contributed by atoms with Crippen LogP contribution in [0.4, 0.5) is 0 Å². The fraction of sp³-hybridized carbons (Fsp3) is 0.238. The van der Waals surface area contributed by atoms with Gasteiger partial charge in [-0.1, -0.05) is 36.4 Å². The molecular weight excluding hydrogens is 344 g/mol. The molecule has 2 aromatic carbocycles. The van der Waals surface area contributed by atoms with Crippen LogP contribution in [0.25, 0.3) is 16.5 Å². The van der Waals surface area contributed by atoms with Gasteiger partial charge in [0.2, 0.25) is 0 Å². The van der Waals surface area contributed by atoms with E-state index in [0.717, 1.165) is 0 Å². The number of fused-ring (bicyclic) bond motifs is 1. The minimum atomic E-state index is -1.03. The molecule has 138 valence electrons. The Morgan fingerprint density at radius 2 is 1.59 bits per heavy atom. The second kappa shape index (κ2) is 7.34. The topological polar surface area (TPSA) is 71.8 Å². The summed E-state index contributed by atoms with van der Waals surface area (Å²) in [4.78, 5) is 27.6. The number of rotatable bonds is 4. The fourth-order valence-electron chi connectivity index (χ4n) is 3.61. The van der Waals surface area contributed by atoms with Gasteiger partial charge in [-0.15, -0.1) is 0 Å². The largest absolute Gasteiger partial charge is 0.478 e. The molecule has 3 aromatic rings. The summed E-state index contributed by atoms with van der Waals surface area (Å²) in [6.07, 6.45) is 0. The Morgan fingerprint density at radius 3 is 2.26 bits per heavy atom. The summed E-state index contributed by atoms with van der Waals surface area (Å²) in [5.41, 5.74) is 1.14. The molecule has 1 saturated heterocycles. The fourth-order valence-corrected chi connectivity index (χ4v) is 3.61. The number of ether oxygens (including phenoxy) is 1. The highest BCUT2D eigenvalue weighted by Gasteiger charge is 2.24. The highest BCUT2D eigenvalue weighted by molar-refractivity contribution is 6.04. The van der Waals surface area contributed by atoms with Crippen LogP contribution in [0.2, 0.25) is 0 Å². The molecular formula is C21H20N2O4. The zero-order chi connectivity index (χ0) is 18.8. The van der Waals surface area contributed by atoms with Crippen molar-refractivity contribution in [3.05, 3.63) is 76.2 Å². The van der Waals surface area contributed by atoms with Crippen LogP contribution in [0.5, 0.6) is 0 Å². The Labute approximate surface area is 156 Å². The zero-order valence-electron chi connectivity index (χ0n) is 14.8. The van der Waals surface area contributed by atoms with Gasteiger partial charge in [-0.05, 0) is 18.2 Å².